The largest absolute Gasteiger partial charge is 0.317 e. The van der Waals surface area contributed by atoms with Crippen LogP contribution in [-0.2, 0) is 0 Å². The van der Waals surface area contributed by atoms with Crippen LogP contribution in [0.3, 0.4) is 0 Å². The Kier molecular flexibility index (Phi) is 3.46. The number of hydrogen-bond acceptors (Lipinski definition) is 4. The van der Waals surface area contributed by atoms with Gasteiger partial charge in [0.2, 0.25) is 0 Å². The Balaban J connectivity index is 1.62. The van der Waals surface area contributed by atoms with Gasteiger partial charge in [0.1, 0.15) is 5.01 Å². The number of nitrogens with zero attached hydrogens (tertiary/aromatic N) is 2. The molecule has 0 aliphatic carbocycles. The highest BCUT2D eigenvalue weighted by Crippen LogP contribution is 2.38. The van der Waals surface area contributed by atoms with Crippen LogP contribution in [0, 0.1) is 0 Å². The van der Waals surface area contributed by atoms with Gasteiger partial charge < -0.3 is 5.32 Å². The quantitative estimate of drug-likeness (QED) is 0.919. The maximum Gasteiger partial charge on any atom is 0.111 e. The summed E-state index contributed by atoms with van der Waals surface area (Å²) in [6.07, 6.45) is 5.19. The van der Waals surface area contributed by atoms with E-state index in [-0.39, 0.29) is 0 Å². The second-order valence-corrected chi connectivity index (χ2v) is 6.96. The maximum absolute atomic E-state index is 4.90. The van der Waals surface area contributed by atoms with Crippen LogP contribution in [0.25, 0.3) is 10.2 Å². The fourth-order valence-corrected chi connectivity index (χ4v) is 4.79. The van der Waals surface area contributed by atoms with Crippen molar-refractivity contribution >= 4 is 21.6 Å². The highest BCUT2D eigenvalue weighted by atomic mass is 32.1. The van der Waals surface area contributed by atoms with Gasteiger partial charge in [0, 0.05) is 6.04 Å². The van der Waals surface area contributed by atoms with Crippen molar-refractivity contribution in [1.82, 2.24) is 15.2 Å². The Morgan fingerprint density at radius 1 is 1.15 bits per heavy atom. The fourth-order valence-electron chi connectivity index (χ4n) is 3.66. The molecule has 20 heavy (non-hydrogen) atoms. The van der Waals surface area contributed by atoms with E-state index in [2.05, 4.69) is 34.5 Å². The molecule has 1 atom stereocenters. The molecule has 1 aromatic heterocycles. The van der Waals surface area contributed by atoms with Crippen molar-refractivity contribution in [3.05, 3.63) is 29.3 Å². The molecule has 1 unspecified atom stereocenters. The monoisotopic (exact) mass is 287 g/mol. The summed E-state index contributed by atoms with van der Waals surface area (Å²) in [5.74, 6) is 0. The number of hydrogen-bond donors (Lipinski definition) is 1. The third-order valence-electron chi connectivity index (χ3n) is 4.67. The number of benzene rings is 1. The van der Waals surface area contributed by atoms with E-state index >= 15 is 0 Å². The van der Waals surface area contributed by atoms with Gasteiger partial charge in [0.05, 0.1) is 16.3 Å². The number of rotatable bonds is 2. The zero-order valence-electron chi connectivity index (χ0n) is 11.7. The summed E-state index contributed by atoms with van der Waals surface area (Å²) < 4.78 is 1.33. The van der Waals surface area contributed by atoms with Crippen LogP contribution < -0.4 is 5.32 Å². The van der Waals surface area contributed by atoms with Gasteiger partial charge in [-0.05, 0) is 57.5 Å². The van der Waals surface area contributed by atoms with E-state index < -0.39 is 0 Å². The van der Waals surface area contributed by atoms with Crippen molar-refractivity contribution in [2.75, 3.05) is 19.6 Å². The van der Waals surface area contributed by atoms with Crippen LogP contribution in [0.1, 0.15) is 36.7 Å². The molecule has 0 saturated carbocycles. The van der Waals surface area contributed by atoms with Gasteiger partial charge in [-0.2, -0.15) is 0 Å². The van der Waals surface area contributed by atoms with Gasteiger partial charge in [-0.15, -0.1) is 11.3 Å². The molecular weight excluding hydrogens is 266 g/mol. The molecule has 2 aliphatic rings. The molecule has 2 fully saturated rings. The van der Waals surface area contributed by atoms with Gasteiger partial charge >= 0.3 is 0 Å². The topological polar surface area (TPSA) is 28.2 Å². The van der Waals surface area contributed by atoms with Crippen molar-refractivity contribution in [2.45, 2.75) is 37.8 Å². The minimum atomic E-state index is 0.565. The highest BCUT2D eigenvalue weighted by Gasteiger charge is 2.34. The number of fused-ring (bicyclic) bond motifs is 1. The summed E-state index contributed by atoms with van der Waals surface area (Å²) in [7, 11) is 0. The maximum atomic E-state index is 4.90. The highest BCUT2D eigenvalue weighted by molar-refractivity contribution is 7.18. The molecule has 4 heteroatoms. The normalized spacial score (nSPS) is 25.5. The smallest absolute Gasteiger partial charge is 0.111 e. The Hall–Kier alpha value is -0.970. The third kappa shape index (κ3) is 2.26. The Labute approximate surface area is 124 Å². The molecule has 2 aliphatic heterocycles. The van der Waals surface area contributed by atoms with Crippen molar-refractivity contribution in [3.8, 4) is 0 Å². The number of likely N-dealkylation sites (tertiary alicyclic amines) is 1. The molecule has 4 rings (SSSR count). The van der Waals surface area contributed by atoms with Crippen molar-refractivity contribution in [1.29, 1.82) is 0 Å². The summed E-state index contributed by atoms with van der Waals surface area (Å²) >= 11 is 1.89. The van der Waals surface area contributed by atoms with Crippen LogP contribution in [-0.4, -0.2) is 35.6 Å². The number of nitrogens with one attached hydrogen (secondary N) is 1. The van der Waals surface area contributed by atoms with Gasteiger partial charge in [0.15, 0.2) is 0 Å². The van der Waals surface area contributed by atoms with Crippen molar-refractivity contribution in [3.63, 3.8) is 0 Å². The first-order valence-electron chi connectivity index (χ1n) is 7.74. The van der Waals surface area contributed by atoms with Crippen molar-refractivity contribution in [2.24, 2.45) is 0 Å². The molecule has 2 aromatic rings. The van der Waals surface area contributed by atoms with Crippen LogP contribution in [0.4, 0.5) is 0 Å². The molecular formula is C16H21N3S. The minimum Gasteiger partial charge on any atom is -0.317 e. The van der Waals surface area contributed by atoms with Gasteiger partial charge in [-0.3, -0.25) is 4.90 Å². The lowest BCUT2D eigenvalue weighted by atomic mass is 10.0. The van der Waals surface area contributed by atoms with Crippen LogP contribution in [0.2, 0.25) is 0 Å². The first kappa shape index (κ1) is 12.7. The van der Waals surface area contributed by atoms with E-state index in [9.17, 15) is 0 Å². The van der Waals surface area contributed by atoms with Crippen molar-refractivity contribution < 1.29 is 0 Å². The minimum absolute atomic E-state index is 0.565. The van der Waals surface area contributed by atoms with E-state index in [1.807, 2.05) is 11.3 Å². The molecule has 3 nitrogen and oxygen atoms in total. The van der Waals surface area contributed by atoms with E-state index in [4.69, 9.17) is 4.98 Å². The van der Waals surface area contributed by atoms with Crippen LogP contribution in [0.15, 0.2) is 24.3 Å². The standard InChI is InChI=1S/C16H21N3S/c1-2-6-15-13(4-1)18-16(20-15)14-5-3-11-19(14)12-7-9-17-10-8-12/h1-2,4,6,12,14,17H,3,5,7-11H2. The SMILES string of the molecule is c1ccc2sc(C3CCCN3C3CCNCC3)nc2c1. The summed E-state index contributed by atoms with van der Waals surface area (Å²) in [5.41, 5.74) is 1.17. The summed E-state index contributed by atoms with van der Waals surface area (Å²) in [6, 6.07) is 9.86. The van der Waals surface area contributed by atoms with E-state index in [0.29, 0.717) is 6.04 Å². The zero-order chi connectivity index (χ0) is 13.4. The summed E-state index contributed by atoms with van der Waals surface area (Å²) in [4.78, 5) is 7.64. The summed E-state index contributed by atoms with van der Waals surface area (Å²) in [5, 5.41) is 4.81. The number of aromatic nitrogens is 1. The number of thiazole rings is 1. The third-order valence-corrected chi connectivity index (χ3v) is 5.81. The molecule has 1 aromatic carbocycles. The lowest BCUT2D eigenvalue weighted by molar-refractivity contribution is 0.148. The second-order valence-electron chi connectivity index (χ2n) is 5.90. The van der Waals surface area contributed by atoms with E-state index in [0.717, 1.165) is 6.04 Å². The predicted molar refractivity (Wildman–Crippen MR) is 84.2 cm³/mol. The molecule has 3 heterocycles. The molecule has 0 amide bonds. The van der Waals surface area contributed by atoms with Gasteiger partial charge in [-0.1, -0.05) is 12.1 Å². The lowest BCUT2D eigenvalue weighted by Crippen LogP contribution is -2.42. The summed E-state index contributed by atoms with van der Waals surface area (Å²) in [6.45, 7) is 3.60. The second kappa shape index (κ2) is 5.43. The van der Waals surface area contributed by atoms with Crippen LogP contribution in [0.5, 0.6) is 0 Å². The molecule has 1 N–H and O–H groups in total. The Morgan fingerprint density at radius 3 is 2.85 bits per heavy atom. The molecule has 2 saturated heterocycles. The average molecular weight is 287 g/mol. The molecule has 0 spiro atoms. The first-order chi connectivity index (χ1) is 9.92. The van der Waals surface area contributed by atoms with Gasteiger partial charge in [0.25, 0.3) is 0 Å². The zero-order valence-corrected chi connectivity index (χ0v) is 12.5. The first-order valence-corrected chi connectivity index (χ1v) is 8.55. The van der Waals surface area contributed by atoms with E-state index in [1.54, 1.807) is 0 Å². The Morgan fingerprint density at radius 2 is 2.00 bits per heavy atom. The average Bonchev–Trinajstić information content (AvgIpc) is 3.14. The molecule has 0 radical (unpaired) electrons. The lowest BCUT2D eigenvalue weighted by Gasteiger charge is -2.35. The fraction of sp³-hybridized carbons (Fsp3) is 0.562. The van der Waals surface area contributed by atoms with E-state index in [1.165, 1.54) is 60.5 Å². The molecule has 0 bridgehead atoms. The Bertz CT molecular complexity index is 555. The number of para-hydroxylation sites is 1. The van der Waals surface area contributed by atoms with Crippen LogP contribution >= 0.6 is 11.3 Å². The van der Waals surface area contributed by atoms with Gasteiger partial charge in [-0.25, -0.2) is 4.98 Å². The predicted octanol–water partition coefficient (Wildman–Crippen LogP) is 3.19. The molecule has 106 valence electrons. The number of piperidine rings is 1.